The molecule has 2 heterocycles. The van der Waals surface area contributed by atoms with Crippen LogP contribution in [0.5, 0.6) is 0 Å². The van der Waals surface area contributed by atoms with Gasteiger partial charge in [0, 0.05) is 35.6 Å². The van der Waals surface area contributed by atoms with Crippen LogP contribution in [0.25, 0.3) is 10.9 Å². The second kappa shape index (κ2) is 8.97. The molecule has 2 atom stereocenters. The molecule has 0 spiro atoms. The van der Waals surface area contributed by atoms with E-state index >= 15 is 0 Å². The highest BCUT2D eigenvalue weighted by molar-refractivity contribution is 6.30. The Hall–Kier alpha value is -3.44. The Kier molecular flexibility index (Phi) is 6.10. The molecule has 1 saturated heterocycles. The van der Waals surface area contributed by atoms with Gasteiger partial charge in [-0.05, 0) is 12.1 Å². The van der Waals surface area contributed by atoms with Gasteiger partial charge in [0.2, 0.25) is 11.8 Å². The number of nitriles is 1. The van der Waals surface area contributed by atoms with Crippen LogP contribution < -0.4 is 5.32 Å². The molecule has 2 unspecified atom stereocenters. The predicted molar refractivity (Wildman–Crippen MR) is 115 cm³/mol. The Morgan fingerprint density at radius 1 is 1.22 bits per heavy atom. The van der Waals surface area contributed by atoms with Gasteiger partial charge < -0.3 is 14.8 Å². The molecule has 6 nitrogen and oxygen atoms in total. The van der Waals surface area contributed by atoms with Gasteiger partial charge in [-0.25, -0.2) is 8.78 Å². The van der Waals surface area contributed by atoms with Crippen LogP contribution in [0.4, 0.5) is 8.78 Å². The van der Waals surface area contributed by atoms with E-state index < -0.39 is 29.8 Å². The second-order valence-corrected chi connectivity index (χ2v) is 8.03. The third-order valence-corrected chi connectivity index (χ3v) is 5.86. The lowest BCUT2D eigenvalue weighted by molar-refractivity contribution is -0.139. The van der Waals surface area contributed by atoms with E-state index in [0.29, 0.717) is 16.5 Å². The van der Waals surface area contributed by atoms with Gasteiger partial charge in [0.15, 0.2) is 0 Å². The lowest BCUT2D eigenvalue weighted by Gasteiger charge is -2.24. The molecule has 164 valence electrons. The van der Waals surface area contributed by atoms with Crippen LogP contribution in [-0.4, -0.2) is 40.0 Å². The number of benzene rings is 2. The first-order valence-corrected chi connectivity index (χ1v) is 10.4. The van der Waals surface area contributed by atoms with Crippen molar-refractivity contribution in [3.63, 3.8) is 0 Å². The Morgan fingerprint density at radius 2 is 2.00 bits per heavy atom. The standard InChI is InChI=1S/C23H19ClF2N4O2/c24-18-6-3-4-14(22(18)26)10-28-23(32)20-8-16(25)12-30(20)21(31)13-29-11-15(9-27)17-5-1-2-7-19(17)29/h1-7,11,16,20H,8,10,12-13H2,(H,28,32). The number of rotatable bonds is 5. The van der Waals surface area contributed by atoms with Crippen LogP contribution >= 0.6 is 11.6 Å². The van der Waals surface area contributed by atoms with Crippen molar-refractivity contribution in [3.8, 4) is 6.07 Å². The minimum absolute atomic E-state index is 0.0612. The number of hydrogen-bond donors (Lipinski definition) is 1. The number of nitrogens with one attached hydrogen (secondary N) is 1. The Bertz CT molecular complexity index is 1240. The van der Waals surface area contributed by atoms with Gasteiger partial charge in [-0.1, -0.05) is 41.9 Å². The number of aromatic nitrogens is 1. The third kappa shape index (κ3) is 4.16. The van der Waals surface area contributed by atoms with E-state index in [1.54, 1.807) is 41.1 Å². The molecule has 2 amide bonds. The van der Waals surface area contributed by atoms with Crippen LogP contribution in [0.1, 0.15) is 17.5 Å². The monoisotopic (exact) mass is 456 g/mol. The molecule has 1 fully saturated rings. The van der Waals surface area contributed by atoms with Crippen molar-refractivity contribution < 1.29 is 18.4 Å². The largest absolute Gasteiger partial charge is 0.350 e. The summed E-state index contributed by atoms with van der Waals surface area (Å²) in [6.45, 7) is -0.469. The lowest BCUT2D eigenvalue weighted by atomic mass is 10.1. The number of para-hydroxylation sites is 1. The number of fused-ring (bicyclic) bond motifs is 1. The fourth-order valence-electron chi connectivity index (χ4n) is 4.00. The van der Waals surface area contributed by atoms with Crippen molar-refractivity contribution in [2.45, 2.75) is 31.7 Å². The maximum absolute atomic E-state index is 14.2. The quantitative estimate of drug-likeness (QED) is 0.637. The molecule has 0 aliphatic carbocycles. The van der Waals surface area contributed by atoms with Crippen LogP contribution in [-0.2, 0) is 22.7 Å². The zero-order chi connectivity index (χ0) is 22.8. The molecule has 0 radical (unpaired) electrons. The van der Waals surface area contributed by atoms with Gasteiger partial charge in [-0.3, -0.25) is 9.59 Å². The molecule has 9 heteroatoms. The van der Waals surface area contributed by atoms with E-state index in [9.17, 15) is 23.6 Å². The summed E-state index contributed by atoms with van der Waals surface area (Å²) in [5, 5.41) is 12.6. The molecule has 0 bridgehead atoms. The summed E-state index contributed by atoms with van der Waals surface area (Å²) in [7, 11) is 0. The highest BCUT2D eigenvalue weighted by atomic mass is 35.5. The third-order valence-electron chi connectivity index (χ3n) is 5.57. The molecule has 3 aromatic rings. The molecular formula is C23H19ClF2N4O2. The van der Waals surface area contributed by atoms with E-state index in [0.717, 1.165) is 0 Å². The van der Waals surface area contributed by atoms with Crippen molar-refractivity contribution in [1.82, 2.24) is 14.8 Å². The van der Waals surface area contributed by atoms with Gasteiger partial charge in [0.25, 0.3) is 0 Å². The number of nitrogens with zero attached hydrogens (tertiary/aromatic N) is 3. The topological polar surface area (TPSA) is 78.1 Å². The van der Waals surface area contributed by atoms with Gasteiger partial charge >= 0.3 is 0 Å². The van der Waals surface area contributed by atoms with Gasteiger partial charge in [0.1, 0.15) is 30.6 Å². The minimum atomic E-state index is -1.34. The Morgan fingerprint density at radius 3 is 2.78 bits per heavy atom. The normalized spacial score (nSPS) is 18.0. The van der Waals surface area contributed by atoms with E-state index in [1.807, 2.05) is 0 Å². The highest BCUT2D eigenvalue weighted by Gasteiger charge is 2.39. The first-order chi connectivity index (χ1) is 15.4. The van der Waals surface area contributed by atoms with E-state index in [2.05, 4.69) is 11.4 Å². The maximum atomic E-state index is 14.2. The molecule has 4 rings (SSSR count). The molecule has 2 aromatic carbocycles. The zero-order valence-corrected chi connectivity index (χ0v) is 17.6. The summed E-state index contributed by atoms with van der Waals surface area (Å²) in [4.78, 5) is 26.9. The number of alkyl halides is 1. The molecule has 1 aromatic heterocycles. The fourth-order valence-corrected chi connectivity index (χ4v) is 4.19. The zero-order valence-electron chi connectivity index (χ0n) is 16.9. The summed E-state index contributed by atoms with van der Waals surface area (Å²) >= 11 is 5.76. The molecule has 0 saturated carbocycles. The summed E-state index contributed by atoms with van der Waals surface area (Å²) in [6, 6.07) is 12.7. The molecular weight excluding hydrogens is 438 g/mol. The van der Waals surface area contributed by atoms with E-state index in [-0.39, 0.29) is 36.6 Å². The van der Waals surface area contributed by atoms with Crippen LogP contribution in [0.2, 0.25) is 5.02 Å². The SMILES string of the molecule is N#Cc1cn(CC(=O)N2CC(F)CC2C(=O)NCc2cccc(Cl)c2F)c2ccccc12. The number of carbonyl (C=O) groups excluding carboxylic acids is 2. The molecule has 1 N–H and O–H groups in total. The molecule has 1 aliphatic rings. The van der Waals surface area contributed by atoms with Gasteiger partial charge in [0.05, 0.1) is 17.1 Å². The van der Waals surface area contributed by atoms with Crippen molar-refractivity contribution in [1.29, 1.82) is 5.26 Å². The average molecular weight is 457 g/mol. The summed E-state index contributed by atoms with van der Waals surface area (Å²) in [6.07, 6.45) is 0.0993. The number of likely N-dealkylation sites (tertiary alicyclic amines) is 1. The number of carbonyl (C=O) groups is 2. The second-order valence-electron chi connectivity index (χ2n) is 7.63. The summed E-state index contributed by atoms with van der Waals surface area (Å²) < 4.78 is 29.9. The van der Waals surface area contributed by atoms with Crippen molar-refractivity contribution in [3.05, 3.63) is 70.6 Å². The van der Waals surface area contributed by atoms with E-state index in [4.69, 9.17) is 11.6 Å². The van der Waals surface area contributed by atoms with Gasteiger partial charge in [-0.15, -0.1) is 0 Å². The predicted octanol–water partition coefficient (Wildman–Crippen LogP) is 3.56. The Labute approximate surface area is 188 Å². The first-order valence-electron chi connectivity index (χ1n) is 10.0. The molecule has 1 aliphatic heterocycles. The molecule has 32 heavy (non-hydrogen) atoms. The maximum Gasteiger partial charge on any atom is 0.243 e. The Balaban J connectivity index is 1.49. The van der Waals surface area contributed by atoms with Crippen LogP contribution in [0.3, 0.4) is 0 Å². The van der Waals surface area contributed by atoms with E-state index in [1.165, 1.54) is 17.0 Å². The number of halogens is 3. The summed E-state index contributed by atoms with van der Waals surface area (Å²) in [5.74, 6) is -1.64. The van der Waals surface area contributed by atoms with Crippen molar-refractivity contribution in [2.75, 3.05) is 6.54 Å². The summed E-state index contributed by atoms with van der Waals surface area (Å²) in [5.41, 5.74) is 1.32. The van der Waals surface area contributed by atoms with Crippen molar-refractivity contribution in [2.24, 2.45) is 0 Å². The van der Waals surface area contributed by atoms with Gasteiger partial charge in [-0.2, -0.15) is 5.26 Å². The first kappa shape index (κ1) is 21.8. The lowest BCUT2D eigenvalue weighted by Crippen LogP contribution is -2.46. The van der Waals surface area contributed by atoms with Crippen molar-refractivity contribution >= 4 is 34.3 Å². The fraction of sp³-hybridized carbons (Fsp3) is 0.261. The highest BCUT2D eigenvalue weighted by Crippen LogP contribution is 2.24. The number of amides is 2. The van der Waals surface area contributed by atoms with Crippen LogP contribution in [0, 0.1) is 17.1 Å². The average Bonchev–Trinajstić information content (AvgIpc) is 3.35. The number of hydrogen-bond acceptors (Lipinski definition) is 3. The van der Waals surface area contributed by atoms with Crippen LogP contribution in [0.15, 0.2) is 48.7 Å². The minimum Gasteiger partial charge on any atom is -0.350 e. The smallest absolute Gasteiger partial charge is 0.243 e.